The van der Waals surface area contributed by atoms with Crippen molar-refractivity contribution in [3.05, 3.63) is 53.1 Å². The van der Waals surface area contributed by atoms with Crippen LogP contribution in [0.3, 0.4) is 0 Å². The molecule has 0 aromatic heterocycles. The highest BCUT2D eigenvalue weighted by molar-refractivity contribution is 7.86. The topological polar surface area (TPSA) is 94.1 Å². The molecular formula is C25H35NO6S. The molecule has 33 heavy (non-hydrogen) atoms. The molecule has 0 atom stereocenters. The van der Waals surface area contributed by atoms with Crippen LogP contribution in [0.15, 0.2) is 36.4 Å². The fraction of sp³-hybridized carbons (Fsp3) is 0.520. The van der Waals surface area contributed by atoms with E-state index in [0.29, 0.717) is 5.75 Å². The van der Waals surface area contributed by atoms with Gasteiger partial charge < -0.3 is 24.1 Å². The van der Waals surface area contributed by atoms with Crippen molar-refractivity contribution in [2.75, 3.05) is 33.6 Å². The van der Waals surface area contributed by atoms with Crippen LogP contribution >= 0.6 is 0 Å². The maximum atomic E-state index is 11.3. The molecule has 0 radical (unpaired) electrons. The number of aryl methyl sites for hydroxylation is 2. The molecule has 3 rings (SSSR count). The first-order chi connectivity index (χ1) is 15.7. The first kappa shape index (κ1) is 25.3. The van der Waals surface area contributed by atoms with Gasteiger partial charge in [-0.25, -0.2) is 0 Å². The Kier molecular flexibility index (Phi) is 8.62. The summed E-state index contributed by atoms with van der Waals surface area (Å²) in [5.41, 5.74) is 2.79. The second-order valence-electron chi connectivity index (χ2n) is 8.74. The van der Waals surface area contributed by atoms with E-state index in [2.05, 4.69) is 5.32 Å². The first-order valence-corrected chi connectivity index (χ1v) is 13.2. The zero-order valence-electron chi connectivity index (χ0n) is 19.7. The zero-order valence-corrected chi connectivity index (χ0v) is 20.5. The van der Waals surface area contributed by atoms with Crippen molar-refractivity contribution in [3.63, 3.8) is 0 Å². The Balaban J connectivity index is 1.42. The average Bonchev–Trinajstić information content (AvgIpc) is 2.93. The van der Waals surface area contributed by atoms with Crippen LogP contribution in [0.2, 0.25) is 0 Å². The summed E-state index contributed by atoms with van der Waals surface area (Å²) in [5, 5.41) is 14.6. The molecule has 1 aliphatic rings. The molecule has 0 aliphatic heterocycles. The molecule has 0 bridgehead atoms. The van der Waals surface area contributed by atoms with Crippen LogP contribution in [0.25, 0.3) is 0 Å². The van der Waals surface area contributed by atoms with Gasteiger partial charge in [0.2, 0.25) is 0 Å². The van der Waals surface area contributed by atoms with E-state index in [1.54, 1.807) is 32.4 Å². The highest BCUT2D eigenvalue weighted by atomic mass is 32.2. The summed E-state index contributed by atoms with van der Waals surface area (Å²) in [6.45, 7) is 1.59. The number of hydrogen-bond acceptors (Lipinski definition) is 7. The number of nitrogens with one attached hydrogen (secondary N) is 1. The highest BCUT2D eigenvalue weighted by Crippen LogP contribution is 2.37. The monoisotopic (exact) mass is 477 g/mol. The lowest BCUT2D eigenvalue weighted by Crippen LogP contribution is -2.30. The summed E-state index contributed by atoms with van der Waals surface area (Å²) in [4.78, 5) is 0. The Labute approximate surface area is 197 Å². The SMILES string of the molecule is COc1cc2c(cc1OC)CCC(O)(CCCNCCc1cccc(OS(C)(=O)=O)c1)CC2. The number of methoxy groups -OCH3 is 2. The van der Waals surface area contributed by atoms with Crippen LogP contribution in [0, 0.1) is 0 Å². The minimum Gasteiger partial charge on any atom is -0.493 e. The van der Waals surface area contributed by atoms with E-state index < -0.39 is 15.7 Å². The van der Waals surface area contributed by atoms with Gasteiger partial charge in [-0.2, -0.15) is 8.42 Å². The summed E-state index contributed by atoms with van der Waals surface area (Å²) in [6.07, 6.45) is 6.57. The van der Waals surface area contributed by atoms with Crippen molar-refractivity contribution >= 4 is 10.1 Å². The molecule has 1 aliphatic carbocycles. The van der Waals surface area contributed by atoms with E-state index in [4.69, 9.17) is 13.7 Å². The van der Waals surface area contributed by atoms with Crippen molar-refractivity contribution < 1.29 is 27.2 Å². The molecule has 182 valence electrons. The molecule has 7 nitrogen and oxygen atoms in total. The molecule has 0 spiro atoms. The van der Waals surface area contributed by atoms with E-state index in [1.807, 2.05) is 18.2 Å². The second kappa shape index (κ2) is 11.2. The fourth-order valence-corrected chi connectivity index (χ4v) is 4.82. The molecule has 0 saturated heterocycles. The average molecular weight is 478 g/mol. The second-order valence-corrected chi connectivity index (χ2v) is 10.3. The third-order valence-corrected chi connectivity index (χ3v) is 6.65. The summed E-state index contributed by atoms with van der Waals surface area (Å²) in [5.74, 6) is 1.81. The van der Waals surface area contributed by atoms with Gasteiger partial charge in [0.1, 0.15) is 5.75 Å². The van der Waals surface area contributed by atoms with Crippen LogP contribution in [-0.2, 0) is 29.4 Å². The number of benzene rings is 2. The first-order valence-electron chi connectivity index (χ1n) is 11.4. The van der Waals surface area contributed by atoms with Crippen molar-refractivity contribution in [1.29, 1.82) is 0 Å². The van der Waals surface area contributed by atoms with Crippen molar-refractivity contribution in [1.82, 2.24) is 5.32 Å². The standard InChI is InChI=1S/C25H35NO6S/c1-30-23-17-20-8-12-25(27,13-9-21(20)18-24(23)31-2)11-5-14-26-15-10-19-6-4-7-22(16-19)32-33(3,28)29/h4,6-7,16-18,26-27H,5,8-15H2,1-3H3. The van der Waals surface area contributed by atoms with Gasteiger partial charge in [0.15, 0.2) is 11.5 Å². The molecule has 2 aromatic carbocycles. The number of aliphatic hydroxyl groups is 1. The third kappa shape index (κ3) is 7.62. The number of fused-ring (bicyclic) bond motifs is 1. The Morgan fingerprint density at radius 3 is 2.21 bits per heavy atom. The molecule has 0 heterocycles. The van der Waals surface area contributed by atoms with Crippen molar-refractivity contribution in [3.8, 4) is 17.2 Å². The van der Waals surface area contributed by atoms with Gasteiger partial charge in [0.25, 0.3) is 0 Å². The van der Waals surface area contributed by atoms with Crippen LogP contribution in [0.1, 0.15) is 42.4 Å². The molecular weight excluding hydrogens is 442 g/mol. The minimum absolute atomic E-state index is 0.335. The van der Waals surface area contributed by atoms with Gasteiger partial charge in [-0.05, 0) is 99.0 Å². The number of hydrogen-bond donors (Lipinski definition) is 2. The predicted molar refractivity (Wildman–Crippen MR) is 129 cm³/mol. The van der Waals surface area contributed by atoms with Gasteiger partial charge in [0.05, 0.1) is 26.1 Å². The number of ether oxygens (including phenoxy) is 2. The quantitative estimate of drug-likeness (QED) is 0.291. The lowest BCUT2D eigenvalue weighted by atomic mass is 9.89. The van der Waals surface area contributed by atoms with E-state index in [1.165, 1.54) is 11.1 Å². The molecule has 0 fully saturated rings. The molecule has 0 unspecified atom stereocenters. The van der Waals surface area contributed by atoms with Crippen molar-refractivity contribution in [2.24, 2.45) is 0 Å². The van der Waals surface area contributed by atoms with Gasteiger partial charge in [-0.15, -0.1) is 0 Å². The summed E-state index contributed by atoms with van der Waals surface area (Å²) in [6, 6.07) is 11.2. The smallest absolute Gasteiger partial charge is 0.306 e. The van der Waals surface area contributed by atoms with Gasteiger partial charge >= 0.3 is 10.1 Å². The molecule has 8 heteroatoms. The summed E-state index contributed by atoms with van der Waals surface area (Å²) >= 11 is 0. The van der Waals surface area contributed by atoms with Gasteiger partial charge in [-0.3, -0.25) is 0 Å². The summed E-state index contributed by atoms with van der Waals surface area (Å²) < 4.78 is 38.3. The van der Waals surface area contributed by atoms with Crippen LogP contribution < -0.4 is 19.0 Å². The van der Waals surface area contributed by atoms with Crippen LogP contribution in [0.4, 0.5) is 0 Å². The van der Waals surface area contributed by atoms with E-state index >= 15 is 0 Å². The van der Waals surface area contributed by atoms with Crippen molar-refractivity contribution in [2.45, 2.75) is 50.5 Å². The predicted octanol–water partition coefficient (Wildman–Crippen LogP) is 3.26. The van der Waals surface area contributed by atoms with E-state index in [9.17, 15) is 13.5 Å². The Morgan fingerprint density at radius 1 is 1.00 bits per heavy atom. The lowest BCUT2D eigenvalue weighted by molar-refractivity contribution is 0.0155. The van der Waals surface area contributed by atoms with Gasteiger partial charge in [0, 0.05) is 0 Å². The largest absolute Gasteiger partial charge is 0.493 e. The summed E-state index contributed by atoms with van der Waals surface area (Å²) in [7, 11) is -0.236. The molecule has 0 amide bonds. The van der Waals surface area contributed by atoms with Crippen LogP contribution in [0.5, 0.6) is 17.2 Å². The molecule has 2 aromatic rings. The normalized spacial score (nSPS) is 15.4. The Bertz CT molecular complexity index is 1000. The Hall–Kier alpha value is -2.29. The molecule has 0 saturated carbocycles. The van der Waals surface area contributed by atoms with Crippen LogP contribution in [-0.4, -0.2) is 52.7 Å². The third-order valence-electron chi connectivity index (χ3n) is 6.16. The minimum atomic E-state index is -3.52. The Morgan fingerprint density at radius 2 is 1.64 bits per heavy atom. The number of rotatable bonds is 11. The highest BCUT2D eigenvalue weighted by Gasteiger charge is 2.29. The fourth-order valence-electron chi connectivity index (χ4n) is 4.37. The zero-order chi connectivity index (χ0) is 23.9. The van der Waals surface area contributed by atoms with E-state index in [-0.39, 0.29) is 0 Å². The maximum Gasteiger partial charge on any atom is 0.306 e. The van der Waals surface area contributed by atoms with E-state index in [0.717, 1.165) is 81.4 Å². The lowest BCUT2D eigenvalue weighted by Gasteiger charge is -2.26. The van der Waals surface area contributed by atoms with Gasteiger partial charge in [-0.1, -0.05) is 12.1 Å². The maximum absolute atomic E-state index is 11.3. The molecule has 2 N–H and O–H groups in total.